The molecule has 0 saturated carbocycles. The first-order valence-electron chi connectivity index (χ1n) is 5.66. The van der Waals surface area contributed by atoms with Gasteiger partial charge < -0.3 is 0 Å². The highest BCUT2D eigenvalue weighted by Crippen LogP contribution is 2.10. The summed E-state index contributed by atoms with van der Waals surface area (Å²) in [5, 5.41) is 0. The Kier molecular flexibility index (Phi) is 6.05. The fourth-order valence-corrected chi connectivity index (χ4v) is 1.52. The largest absolute Gasteiger partial charge is 0.265 e. The first kappa shape index (κ1) is 11.2. The lowest BCUT2D eigenvalue weighted by Crippen LogP contribution is -1.83. The zero-order valence-electron chi connectivity index (χ0n) is 9.08. The van der Waals surface area contributed by atoms with Crippen molar-refractivity contribution in [2.24, 2.45) is 0 Å². The average molecular weight is 190 g/mol. The number of hydrogen-bond donors (Lipinski definition) is 0. The highest BCUT2D eigenvalue weighted by atomic mass is 14.6. The quantitative estimate of drug-likeness (QED) is 0.592. The molecule has 0 unspecified atom stereocenters. The van der Waals surface area contributed by atoms with E-state index in [2.05, 4.69) is 30.5 Å². The Morgan fingerprint density at radius 1 is 1.07 bits per heavy atom. The third-order valence-electron chi connectivity index (χ3n) is 2.39. The molecule has 1 aromatic heterocycles. The van der Waals surface area contributed by atoms with Crippen LogP contribution in [0, 0.1) is 6.42 Å². The van der Waals surface area contributed by atoms with Gasteiger partial charge in [0.15, 0.2) is 0 Å². The molecule has 1 nitrogen and oxygen atoms in total. The second-order valence-corrected chi connectivity index (χ2v) is 3.69. The summed E-state index contributed by atoms with van der Waals surface area (Å²) in [6.45, 7) is 2.25. The number of pyridine rings is 1. The van der Waals surface area contributed by atoms with E-state index in [9.17, 15) is 0 Å². The van der Waals surface area contributed by atoms with E-state index in [0.29, 0.717) is 0 Å². The molecule has 0 atom stereocenters. The monoisotopic (exact) mass is 190 g/mol. The fourth-order valence-electron chi connectivity index (χ4n) is 1.52. The molecule has 0 N–H and O–H groups in total. The zero-order valence-corrected chi connectivity index (χ0v) is 9.08. The summed E-state index contributed by atoms with van der Waals surface area (Å²) >= 11 is 0. The van der Waals surface area contributed by atoms with E-state index < -0.39 is 0 Å². The summed E-state index contributed by atoms with van der Waals surface area (Å²) in [6, 6.07) is 4.12. The number of unbranched alkanes of at least 4 members (excludes halogenated alkanes) is 5. The molecule has 1 radical (unpaired) electrons. The van der Waals surface area contributed by atoms with Gasteiger partial charge in [0, 0.05) is 12.4 Å². The van der Waals surface area contributed by atoms with E-state index in [-0.39, 0.29) is 0 Å². The summed E-state index contributed by atoms with van der Waals surface area (Å²) in [4.78, 5) is 3.99. The van der Waals surface area contributed by atoms with Crippen LogP contribution in [0.1, 0.15) is 51.0 Å². The molecule has 1 rings (SSSR count). The molecule has 0 fully saturated rings. The highest BCUT2D eigenvalue weighted by Gasteiger charge is 1.93. The molecular formula is C13H20N. The van der Waals surface area contributed by atoms with Gasteiger partial charge in [-0.1, -0.05) is 39.0 Å². The van der Waals surface area contributed by atoms with Crippen molar-refractivity contribution in [2.45, 2.75) is 45.4 Å². The third-order valence-corrected chi connectivity index (χ3v) is 2.39. The molecule has 0 aliphatic carbocycles. The van der Waals surface area contributed by atoms with Crippen molar-refractivity contribution in [3.05, 3.63) is 36.5 Å². The van der Waals surface area contributed by atoms with Crippen molar-refractivity contribution in [3.63, 3.8) is 0 Å². The molecule has 1 aromatic rings. The van der Waals surface area contributed by atoms with Gasteiger partial charge in [-0.3, -0.25) is 4.98 Å². The van der Waals surface area contributed by atoms with Crippen molar-refractivity contribution in [2.75, 3.05) is 0 Å². The zero-order chi connectivity index (χ0) is 10.1. The van der Waals surface area contributed by atoms with E-state index in [0.717, 1.165) is 0 Å². The maximum absolute atomic E-state index is 3.99. The van der Waals surface area contributed by atoms with Crippen LogP contribution in [0.2, 0.25) is 0 Å². The number of hydrogen-bond acceptors (Lipinski definition) is 1. The smallest absolute Gasteiger partial charge is 0.0270 e. The Balaban J connectivity index is 1.99. The fraction of sp³-hybridized carbons (Fsp3) is 0.538. The van der Waals surface area contributed by atoms with Gasteiger partial charge in [0.2, 0.25) is 0 Å². The molecular weight excluding hydrogens is 170 g/mol. The lowest BCUT2D eigenvalue weighted by atomic mass is 10.1. The van der Waals surface area contributed by atoms with Crippen LogP contribution < -0.4 is 0 Å². The van der Waals surface area contributed by atoms with Gasteiger partial charge in [-0.25, -0.2) is 0 Å². The lowest BCUT2D eigenvalue weighted by molar-refractivity contribution is 0.631. The van der Waals surface area contributed by atoms with Gasteiger partial charge in [-0.05, 0) is 30.5 Å². The van der Waals surface area contributed by atoms with E-state index in [1.54, 1.807) is 0 Å². The van der Waals surface area contributed by atoms with Gasteiger partial charge in [0.05, 0.1) is 0 Å². The number of nitrogens with zero attached hydrogens (tertiary/aromatic N) is 1. The van der Waals surface area contributed by atoms with Crippen LogP contribution in [-0.4, -0.2) is 4.98 Å². The molecule has 0 spiro atoms. The van der Waals surface area contributed by atoms with E-state index in [1.807, 2.05) is 12.4 Å². The van der Waals surface area contributed by atoms with Crippen LogP contribution in [0.3, 0.4) is 0 Å². The molecule has 14 heavy (non-hydrogen) atoms. The van der Waals surface area contributed by atoms with Crippen molar-refractivity contribution >= 4 is 0 Å². The van der Waals surface area contributed by atoms with Crippen LogP contribution in [0.15, 0.2) is 24.5 Å². The predicted octanol–water partition coefficient (Wildman–Crippen LogP) is 3.99. The van der Waals surface area contributed by atoms with Crippen LogP contribution >= 0.6 is 0 Å². The minimum Gasteiger partial charge on any atom is -0.265 e. The Hall–Kier alpha value is -0.850. The van der Waals surface area contributed by atoms with Gasteiger partial charge in [-0.2, -0.15) is 0 Å². The van der Waals surface area contributed by atoms with Crippen LogP contribution in [0.4, 0.5) is 0 Å². The second-order valence-electron chi connectivity index (χ2n) is 3.69. The second kappa shape index (κ2) is 7.54. The Morgan fingerprint density at radius 2 is 1.79 bits per heavy atom. The molecule has 0 amide bonds. The minimum atomic E-state index is 1.20. The topological polar surface area (TPSA) is 12.9 Å². The first-order valence-corrected chi connectivity index (χ1v) is 5.66. The van der Waals surface area contributed by atoms with Crippen molar-refractivity contribution in [3.8, 4) is 0 Å². The highest BCUT2D eigenvalue weighted by molar-refractivity contribution is 5.18. The van der Waals surface area contributed by atoms with E-state index >= 15 is 0 Å². The Bertz CT molecular complexity index is 218. The van der Waals surface area contributed by atoms with Crippen LogP contribution in [0.25, 0.3) is 0 Å². The minimum absolute atomic E-state index is 1.20. The number of aromatic nitrogens is 1. The standard InChI is InChI=1S/C13H20N/c1-2-3-4-5-6-7-8-13-9-11-14-12-10-13/h8-12H,2-7H2,1H3. The summed E-state index contributed by atoms with van der Waals surface area (Å²) in [6.07, 6.45) is 14.0. The molecule has 0 bridgehead atoms. The molecule has 1 heteroatoms. The summed E-state index contributed by atoms with van der Waals surface area (Å²) in [7, 11) is 0. The maximum atomic E-state index is 3.99. The van der Waals surface area contributed by atoms with Gasteiger partial charge in [0.25, 0.3) is 0 Å². The third kappa shape index (κ3) is 5.00. The number of rotatable bonds is 7. The van der Waals surface area contributed by atoms with Crippen molar-refractivity contribution in [1.82, 2.24) is 4.98 Å². The molecule has 1 heterocycles. The summed E-state index contributed by atoms with van der Waals surface area (Å²) in [5.74, 6) is 0. The van der Waals surface area contributed by atoms with Crippen molar-refractivity contribution < 1.29 is 0 Å². The van der Waals surface area contributed by atoms with Crippen molar-refractivity contribution in [1.29, 1.82) is 0 Å². The van der Waals surface area contributed by atoms with E-state index in [4.69, 9.17) is 0 Å². The normalized spacial score (nSPS) is 10.4. The molecule has 0 aliphatic rings. The SMILES string of the molecule is CCCCCCC[CH]c1ccncc1. The molecule has 0 saturated heterocycles. The Labute approximate surface area is 87.6 Å². The molecule has 0 aliphatic heterocycles. The van der Waals surface area contributed by atoms with Crippen LogP contribution in [-0.2, 0) is 0 Å². The van der Waals surface area contributed by atoms with Gasteiger partial charge in [0.1, 0.15) is 0 Å². The predicted molar refractivity (Wildman–Crippen MR) is 61.0 cm³/mol. The van der Waals surface area contributed by atoms with Gasteiger partial charge in [-0.15, -0.1) is 0 Å². The first-order chi connectivity index (χ1) is 6.93. The van der Waals surface area contributed by atoms with Gasteiger partial charge >= 0.3 is 0 Å². The molecule has 0 aromatic carbocycles. The lowest BCUT2D eigenvalue weighted by Gasteiger charge is -2.00. The average Bonchev–Trinajstić information content (AvgIpc) is 2.25. The Morgan fingerprint density at radius 3 is 2.50 bits per heavy atom. The maximum Gasteiger partial charge on any atom is 0.0270 e. The summed E-state index contributed by atoms with van der Waals surface area (Å²) in [5.41, 5.74) is 1.30. The van der Waals surface area contributed by atoms with Crippen LogP contribution in [0.5, 0.6) is 0 Å². The van der Waals surface area contributed by atoms with E-state index in [1.165, 1.54) is 44.1 Å². The summed E-state index contributed by atoms with van der Waals surface area (Å²) < 4.78 is 0. The molecule has 77 valence electrons.